The van der Waals surface area contributed by atoms with Crippen molar-refractivity contribution in [2.24, 2.45) is 0 Å². The van der Waals surface area contributed by atoms with Crippen LogP contribution in [0.15, 0.2) is 30.3 Å². The van der Waals surface area contributed by atoms with Crippen LogP contribution in [0.2, 0.25) is 10.3 Å². The van der Waals surface area contributed by atoms with Crippen LogP contribution in [-0.2, 0) is 0 Å². The van der Waals surface area contributed by atoms with Gasteiger partial charge in [0.2, 0.25) is 0 Å². The van der Waals surface area contributed by atoms with E-state index in [1.165, 1.54) is 6.07 Å². The predicted molar refractivity (Wildman–Crippen MR) is 79.2 cm³/mol. The molecule has 0 saturated heterocycles. The molecule has 1 aromatic heterocycles. The number of carbonyl (C=O) groups excluding carboxylic acids is 1. The van der Waals surface area contributed by atoms with Crippen LogP contribution in [0.1, 0.15) is 10.4 Å². The molecule has 92 valence electrons. The Morgan fingerprint density at radius 1 is 1.22 bits per heavy atom. The second-order valence-electron chi connectivity index (χ2n) is 3.34. The summed E-state index contributed by atoms with van der Waals surface area (Å²) in [4.78, 5) is 12.0. The van der Waals surface area contributed by atoms with Crippen molar-refractivity contribution >= 4 is 57.4 Å². The minimum absolute atomic E-state index is 0.0162. The Hall–Kier alpha value is -0.920. The molecule has 1 amide bonds. The lowest BCUT2D eigenvalue weighted by Crippen LogP contribution is -2.13. The summed E-state index contributed by atoms with van der Waals surface area (Å²) < 4.78 is 1.02. The van der Waals surface area contributed by atoms with Gasteiger partial charge in [0.05, 0.1) is 5.56 Å². The van der Waals surface area contributed by atoms with Gasteiger partial charge < -0.3 is 5.32 Å². The first kappa shape index (κ1) is 13.5. The number of hydrogen-bond acceptors (Lipinski definition) is 3. The highest BCUT2D eigenvalue weighted by atomic mass is 127. The highest BCUT2D eigenvalue weighted by Crippen LogP contribution is 2.18. The van der Waals surface area contributed by atoms with E-state index in [0.717, 1.165) is 3.57 Å². The molecule has 2 rings (SSSR count). The molecule has 18 heavy (non-hydrogen) atoms. The fourth-order valence-electron chi connectivity index (χ4n) is 1.28. The molecule has 0 spiro atoms. The number of aromatic nitrogens is 2. The van der Waals surface area contributed by atoms with Crippen molar-refractivity contribution in [2.75, 3.05) is 5.32 Å². The number of benzene rings is 1. The van der Waals surface area contributed by atoms with E-state index < -0.39 is 0 Å². The minimum atomic E-state index is -0.376. The Balaban J connectivity index is 2.24. The van der Waals surface area contributed by atoms with Gasteiger partial charge in [-0.1, -0.05) is 29.3 Å². The van der Waals surface area contributed by atoms with Crippen molar-refractivity contribution in [1.29, 1.82) is 0 Å². The van der Waals surface area contributed by atoms with Gasteiger partial charge in [0.15, 0.2) is 10.3 Å². The molecule has 1 N–H and O–H groups in total. The molecule has 0 atom stereocenters. The first-order valence-electron chi connectivity index (χ1n) is 4.82. The summed E-state index contributed by atoms with van der Waals surface area (Å²) in [5.74, 6) is -0.376. The zero-order chi connectivity index (χ0) is 13.1. The van der Waals surface area contributed by atoms with E-state index in [1.807, 2.05) is 18.2 Å². The van der Waals surface area contributed by atoms with Crippen molar-refractivity contribution < 1.29 is 4.79 Å². The third kappa shape index (κ3) is 3.30. The largest absolute Gasteiger partial charge is 0.322 e. The maximum Gasteiger partial charge on any atom is 0.258 e. The van der Waals surface area contributed by atoms with E-state index in [1.54, 1.807) is 6.07 Å². The molecule has 1 aromatic carbocycles. The summed E-state index contributed by atoms with van der Waals surface area (Å²) in [6.07, 6.45) is 0. The van der Waals surface area contributed by atoms with E-state index >= 15 is 0 Å². The standard InChI is InChI=1S/C11H6Cl2IN3O/c12-9-5-8(10(13)17-16-9)11(18)15-7-3-1-2-6(14)4-7/h1-5H,(H,15,18). The topological polar surface area (TPSA) is 54.9 Å². The predicted octanol–water partition coefficient (Wildman–Crippen LogP) is 3.64. The fourth-order valence-corrected chi connectivity index (χ4v) is 2.15. The summed E-state index contributed by atoms with van der Waals surface area (Å²) in [6.45, 7) is 0. The molecule has 0 saturated carbocycles. The van der Waals surface area contributed by atoms with Gasteiger partial charge in [-0.2, -0.15) is 0 Å². The van der Waals surface area contributed by atoms with Crippen LogP contribution in [0.5, 0.6) is 0 Å². The minimum Gasteiger partial charge on any atom is -0.322 e. The van der Waals surface area contributed by atoms with E-state index in [-0.39, 0.29) is 21.8 Å². The van der Waals surface area contributed by atoms with Gasteiger partial charge in [-0.3, -0.25) is 4.79 Å². The smallest absolute Gasteiger partial charge is 0.258 e. The maximum absolute atomic E-state index is 12.0. The summed E-state index contributed by atoms with van der Waals surface area (Å²) >= 11 is 13.6. The van der Waals surface area contributed by atoms with Crippen LogP contribution in [-0.4, -0.2) is 16.1 Å². The summed E-state index contributed by atoms with van der Waals surface area (Å²) in [5.41, 5.74) is 0.867. The SMILES string of the molecule is O=C(Nc1cccc(I)c1)c1cc(Cl)nnc1Cl. The quantitative estimate of drug-likeness (QED) is 0.792. The monoisotopic (exact) mass is 393 g/mol. The highest BCUT2D eigenvalue weighted by molar-refractivity contribution is 14.1. The van der Waals surface area contributed by atoms with Gasteiger partial charge in [0.1, 0.15) is 0 Å². The van der Waals surface area contributed by atoms with E-state index in [4.69, 9.17) is 23.2 Å². The molecule has 7 heteroatoms. The first-order valence-corrected chi connectivity index (χ1v) is 6.65. The Bertz CT molecular complexity index is 607. The van der Waals surface area contributed by atoms with Crippen LogP contribution in [0.4, 0.5) is 5.69 Å². The van der Waals surface area contributed by atoms with Gasteiger partial charge in [-0.25, -0.2) is 0 Å². The van der Waals surface area contributed by atoms with Crippen LogP contribution in [0.3, 0.4) is 0 Å². The molecule has 0 bridgehead atoms. The second-order valence-corrected chi connectivity index (χ2v) is 5.33. The number of rotatable bonds is 2. The molecule has 0 unspecified atom stereocenters. The van der Waals surface area contributed by atoms with Crippen molar-refractivity contribution in [3.05, 3.63) is 49.8 Å². The average Bonchev–Trinajstić information content (AvgIpc) is 2.32. The highest BCUT2D eigenvalue weighted by Gasteiger charge is 2.13. The van der Waals surface area contributed by atoms with Gasteiger partial charge >= 0.3 is 0 Å². The Labute approximate surface area is 127 Å². The molecular formula is C11H6Cl2IN3O. The van der Waals surface area contributed by atoms with Crippen molar-refractivity contribution in [2.45, 2.75) is 0 Å². The molecule has 4 nitrogen and oxygen atoms in total. The lowest BCUT2D eigenvalue weighted by atomic mass is 10.2. The van der Waals surface area contributed by atoms with Gasteiger partial charge in [-0.05, 0) is 46.9 Å². The first-order chi connectivity index (χ1) is 8.56. The lowest BCUT2D eigenvalue weighted by molar-refractivity contribution is 0.102. The molecule has 2 aromatic rings. The second kappa shape index (κ2) is 5.81. The summed E-state index contributed by atoms with van der Waals surface area (Å²) in [6, 6.07) is 8.76. The molecule has 1 heterocycles. The zero-order valence-corrected chi connectivity index (χ0v) is 12.5. The third-order valence-electron chi connectivity index (χ3n) is 2.05. The Kier molecular flexibility index (Phi) is 4.36. The van der Waals surface area contributed by atoms with Crippen LogP contribution < -0.4 is 5.32 Å². The number of nitrogens with zero attached hydrogens (tertiary/aromatic N) is 2. The number of hydrogen-bond donors (Lipinski definition) is 1. The van der Waals surface area contributed by atoms with Crippen LogP contribution in [0, 0.1) is 3.57 Å². The van der Waals surface area contributed by atoms with Gasteiger partial charge in [0.25, 0.3) is 5.91 Å². The normalized spacial score (nSPS) is 10.2. The van der Waals surface area contributed by atoms with E-state index in [9.17, 15) is 4.79 Å². The Morgan fingerprint density at radius 2 is 2.00 bits per heavy atom. The molecule has 0 aliphatic heterocycles. The van der Waals surface area contributed by atoms with E-state index in [2.05, 4.69) is 38.1 Å². The van der Waals surface area contributed by atoms with Crippen molar-refractivity contribution in [3.8, 4) is 0 Å². The number of carbonyl (C=O) groups is 1. The summed E-state index contributed by atoms with van der Waals surface area (Å²) in [5, 5.41) is 9.97. The molecule has 0 aliphatic carbocycles. The lowest BCUT2D eigenvalue weighted by Gasteiger charge is -2.06. The molecule has 0 aliphatic rings. The fraction of sp³-hybridized carbons (Fsp3) is 0. The van der Waals surface area contributed by atoms with Crippen LogP contribution in [0.25, 0.3) is 0 Å². The van der Waals surface area contributed by atoms with Crippen molar-refractivity contribution in [3.63, 3.8) is 0 Å². The molecular weight excluding hydrogens is 388 g/mol. The van der Waals surface area contributed by atoms with Crippen LogP contribution >= 0.6 is 45.8 Å². The molecule has 0 fully saturated rings. The number of halogens is 3. The average molecular weight is 394 g/mol. The Morgan fingerprint density at radius 3 is 2.72 bits per heavy atom. The number of amides is 1. The van der Waals surface area contributed by atoms with Gasteiger partial charge in [0, 0.05) is 9.26 Å². The van der Waals surface area contributed by atoms with E-state index in [0.29, 0.717) is 5.69 Å². The maximum atomic E-state index is 12.0. The third-order valence-corrected chi connectivity index (χ3v) is 3.18. The number of anilines is 1. The number of nitrogens with one attached hydrogen (secondary N) is 1. The van der Waals surface area contributed by atoms with Gasteiger partial charge in [-0.15, -0.1) is 10.2 Å². The van der Waals surface area contributed by atoms with Crippen molar-refractivity contribution in [1.82, 2.24) is 10.2 Å². The zero-order valence-electron chi connectivity index (χ0n) is 8.82. The molecule has 0 radical (unpaired) electrons. The summed E-state index contributed by atoms with van der Waals surface area (Å²) in [7, 11) is 0.